The molecule has 1 amide bonds. The van der Waals surface area contributed by atoms with Crippen LogP contribution in [-0.2, 0) is 6.42 Å². The molecule has 2 rings (SSSR count). The van der Waals surface area contributed by atoms with E-state index in [9.17, 15) is 4.79 Å². The highest BCUT2D eigenvalue weighted by molar-refractivity contribution is 6.30. The first-order valence-corrected chi connectivity index (χ1v) is 5.86. The minimum atomic E-state index is -0.275. The van der Waals surface area contributed by atoms with E-state index in [2.05, 4.69) is 20.3 Å². The van der Waals surface area contributed by atoms with E-state index in [4.69, 9.17) is 11.6 Å². The van der Waals surface area contributed by atoms with Crippen molar-refractivity contribution in [3.05, 3.63) is 46.2 Å². The first kappa shape index (κ1) is 12.6. The van der Waals surface area contributed by atoms with Crippen LogP contribution in [0.5, 0.6) is 0 Å². The first-order chi connectivity index (χ1) is 8.66. The number of benzene rings is 1. The fourth-order valence-electron chi connectivity index (χ4n) is 1.49. The Hall–Kier alpha value is -1.88. The Balaban J connectivity index is 1.84. The number of nitrogens with one attached hydrogen (secondary N) is 1. The van der Waals surface area contributed by atoms with Gasteiger partial charge in [0.1, 0.15) is 5.69 Å². The lowest BCUT2D eigenvalue weighted by Crippen LogP contribution is -2.26. The smallest absolute Gasteiger partial charge is 0.275 e. The minimum Gasteiger partial charge on any atom is -0.350 e. The lowest BCUT2D eigenvalue weighted by Gasteiger charge is -2.03. The van der Waals surface area contributed by atoms with E-state index in [0.29, 0.717) is 17.3 Å². The Labute approximate surface area is 109 Å². The van der Waals surface area contributed by atoms with Crippen molar-refractivity contribution >= 4 is 17.5 Å². The second-order valence-corrected chi connectivity index (χ2v) is 4.27. The molecule has 18 heavy (non-hydrogen) atoms. The van der Waals surface area contributed by atoms with Crippen LogP contribution in [0.2, 0.25) is 5.02 Å². The van der Waals surface area contributed by atoms with Crippen molar-refractivity contribution in [2.75, 3.05) is 6.54 Å². The van der Waals surface area contributed by atoms with Crippen LogP contribution in [0.3, 0.4) is 0 Å². The average molecular weight is 266 g/mol. The molecule has 0 saturated heterocycles. The summed E-state index contributed by atoms with van der Waals surface area (Å²) < 4.78 is 4.47. The minimum absolute atomic E-state index is 0.228. The molecule has 5 nitrogen and oxygen atoms in total. The fraction of sp³-hybridized carbons (Fsp3) is 0.250. The number of carbonyl (C=O) groups is 1. The normalized spacial score (nSPS) is 10.3. The van der Waals surface area contributed by atoms with Crippen molar-refractivity contribution in [2.45, 2.75) is 13.3 Å². The summed E-state index contributed by atoms with van der Waals surface area (Å²) in [6.07, 6.45) is 0.729. The number of rotatable bonds is 4. The van der Waals surface area contributed by atoms with Crippen LogP contribution in [0.1, 0.15) is 21.7 Å². The van der Waals surface area contributed by atoms with Gasteiger partial charge in [0.15, 0.2) is 5.69 Å². The number of hydrogen-bond acceptors (Lipinski definition) is 4. The predicted octanol–water partition coefficient (Wildman–Crippen LogP) is 2.00. The number of hydrogen-bond donors (Lipinski definition) is 1. The zero-order valence-corrected chi connectivity index (χ0v) is 10.6. The summed E-state index contributed by atoms with van der Waals surface area (Å²) in [6, 6.07) is 7.50. The molecule has 0 saturated carbocycles. The van der Waals surface area contributed by atoms with Gasteiger partial charge in [0.25, 0.3) is 5.91 Å². The molecule has 0 unspecified atom stereocenters. The first-order valence-electron chi connectivity index (χ1n) is 5.48. The molecule has 0 spiro atoms. The molecule has 6 heteroatoms. The number of halogens is 1. The molecule has 1 N–H and O–H groups in total. The molecular formula is C12H12ClN3O2. The predicted molar refractivity (Wildman–Crippen MR) is 66.5 cm³/mol. The molecule has 1 heterocycles. The third-order valence-corrected chi connectivity index (χ3v) is 2.73. The van der Waals surface area contributed by atoms with Gasteiger partial charge in [0.2, 0.25) is 0 Å². The largest absolute Gasteiger partial charge is 0.350 e. The maximum atomic E-state index is 11.7. The van der Waals surface area contributed by atoms with E-state index in [1.54, 1.807) is 6.92 Å². The summed E-state index contributed by atoms with van der Waals surface area (Å²) in [5.41, 5.74) is 1.82. The molecule has 94 valence electrons. The number of carbonyl (C=O) groups excluding carboxylic acids is 1. The Morgan fingerprint density at radius 1 is 1.33 bits per heavy atom. The molecule has 0 atom stereocenters. The summed E-state index contributed by atoms with van der Waals surface area (Å²) in [6.45, 7) is 2.19. The Bertz CT molecular complexity index is 537. The van der Waals surface area contributed by atoms with Crippen LogP contribution < -0.4 is 5.32 Å². The Morgan fingerprint density at radius 2 is 2.06 bits per heavy atom. The van der Waals surface area contributed by atoms with Crippen molar-refractivity contribution in [1.82, 2.24) is 15.6 Å². The third kappa shape index (κ3) is 3.07. The molecule has 0 radical (unpaired) electrons. The summed E-state index contributed by atoms with van der Waals surface area (Å²) in [5.74, 6) is -0.275. The SMILES string of the molecule is Cc1nonc1C(=O)NCCc1ccc(Cl)cc1. The van der Waals surface area contributed by atoms with E-state index in [-0.39, 0.29) is 11.6 Å². The standard InChI is InChI=1S/C12H12ClN3O2/c1-8-11(16-18-15-8)12(17)14-7-6-9-2-4-10(13)5-3-9/h2-5H,6-7H2,1H3,(H,14,17). The number of aromatic nitrogens is 2. The summed E-state index contributed by atoms with van der Waals surface area (Å²) >= 11 is 5.79. The van der Waals surface area contributed by atoms with Crippen molar-refractivity contribution in [3.8, 4) is 0 Å². The van der Waals surface area contributed by atoms with E-state index in [1.807, 2.05) is 24.3 Å². The number of nitrogens with zero attached hydrogens (tertiary/aromatic N) is 2. The van der Waals surface area contributed by atoms with Gasteiger partial charge < -0.3 is 5.32 Å². The molecule has 2 aromatic rings. The van der Waals surface area contributed by atoms with Gasteiger partial charge in [-0.2, -0.15) is 0 Å². The van der Waals surface area contributed by atoms with Gasteiger partial charge in [-0.1, -0.05) is 28.9 Å². The van der Waals surface area contributed by atoms with Crippen molar-refractivity contribution < 1.29 is 9.42 Å². The lowest BCUT2D eigenvalue weighted by atomic mass is 10.1. The van der Waals surface area contributed by atoms with Crippen molar-refractivity contribution in [3.63, 3.8) is 0 Å². The van der Waals surface area contributed by atoms with Gasteiger partial charge >= 0.3 is 0 Å². The zero-order valence-electron chi connectivity index (χ0n) is 9.81. The molecule has 0 aliphatic heterocycles. The van der Waals surface area contributed by atoms with Crippen molar-refractivity contribution in [1.29, 1.82) is 0 Å². The summed E-state index contributed by atoms with van der Waals surface area (Å²) in [5, 5.41) is 10.5. The van der Waals surface area contributed by atoms with E-state index >= 15 is 0 Å². The highest BCUT2D eigenvalue weighted by Gasteiger charge is 2.13. The Morgan fingerprint density at radius 3 is 2.67 bits per heavy atom. The maximum absolute atomic E-state index is 11.7. The third-order valence-electron chi connectivity index (χ3n) is 2.48. The van der Waals surface area contributed by atoms with E-state index in [1.165, 1.54) is 0 Å². The van der Waals surface area contributed by atoms with Crippen LogP contribution in [-0.4, -0.2) is 22.8 Å². The monoisotopic (exact) mass is 265 g/mol. The highest BCUT2D eigenvalue weighted by atomic mass is 35.5. The van der Waals surface area contributed by atoms with Crippen LogP contribution >= 0.6 is 11.6 Å². The fourth-order valence-corrected chi connectivity index (χ4v) is 1.62. The van der Waals surface area contributed by atoms with E-state index < -0.39 is 0 Å². The Kier molecular flexibility index (Phi) is 3.94. The van der Waals surface area contributed by atoms with Gasteiger partial charge in [0, 0.05) is 11.6 Å². The van der Waals surface area contributed by atoms with Gasteiger partial charge in [-0.3, -0.25) is 4.79 Å². The summed E-state index contributed by atoms with van der Waals surface area (Å²) in [7, 11) is 0. The highest BCUT2D eigenvalue weighted by Crippen LogP contribution is 2.09. The van der Waals surface area contributed by atoms with Crippen LogP contribution in [0.15, 0.2) is 28.9 Å². The molecule has 0 fully saturated rings. The number of amides is 1. The van der Waals surface area contributed by atoms with Crippen LogP contribution in [0.25, 0.3) is 0 Å². The summed E-state index contributed by atoms with van der Waals surface area (Å²) in [4.78, 5) is 11.7. The van der Waals surface area contributed by atoms with Gasteiger partial charge in [-0.05, 0) is 36.2 Å². The lowest BCUT2D eigenvalue weighted by molar-refractivity contribution is 0.0944. The van der Waals surface area contributed by atoms with Gasteiger partial charge in [-0.25, -0.2) is 4.63 Å². The second-order valence-electron chi connectivity index (χ2n) is 3.83. The maximum Gasteiger partial charge on any atom is 0.275 e. The second kappa shape index (κ2) is 5.64. The molecule has 0 aliphatic carbocycles. The van der Waals surface area contributed by atoms with Gasteiger partial charge in [-0.15, -0.1) is 0 Å². The zero-order chi connectivity index (χ0) is 13.0. The number of aryl methyl sites for hydroxylation is 1. The van der Waals surface area contributed by atoms with E-state index in [0.717, 1.165) is 12.0 Å². The van der Waals surface area contributed by atoms with Crippen LogP contribution in [0.4, 0.5) is 0 Å². The van der Waals surface area contributed by atoms with Gasteiger partial charge in [0.05, 0.1) is 0 Å². The topological polar surface area (TPSA) is 68.0 Å². The molecular weight excluding hydrogens is 254 g/mol. The molecule has 0 aliphatic rings. The average Bonchev–Trinajstić information content (AvgIpc) is 2.78. The van der Waals surface area contributed by atoms with Crippen LogP contribution in [0, 0.1) is 6.92 Å². The molecule has 0 bridgehead atoms. The quantitative estimate of drug-likeness (QED) is 0.918. The molecule has 1 aromatic carbocycles. The molecule has 1 aromatic heterocycles. The van der Waals surface area contributed by atoms with Crippen molar-refractivity contribution in [2.24, 2.45) is 0 Å².